The number of nitrogens with zero attached hydrogens (tertiary/aromatic N) is 2. The van der Waals surface area contributed by atoms with Crippen LogP contribution in [0.2, 0.25) is 0 Å². The van der Waals surface area contributed by atoms with Crippen molar-refractivity contribution in [3.63, 3.8) is 0 Å². The molecule has 0 saturated carbocycles. The fourth-order valence-electron chi connectivity index (χ4n) is 4.46. The lowest BCUT2D eigenvalue weighted by atomic mass is 9.93. The van der Waals surface area contributed by atoms with E-state index in [-0.39, 0.29) is 11.5 Å². The number of hydrogen-bond acceptors (Lipinski definition) is 4. The van der Waals surface area contributed by atoms with E-state index in [2.05, 4.69) is 53.9 Å². The highest BCUT2D eigenvalue weighted by Gasteiger charge is 2.32. The second-order valence-electron chi connectivity index (χ2n) is 9.28. The monoisotopic (exact) mass is 619 g/mol. The first kappa shape index (κ1) is 25.4. The Labute approximate surface area is 233 Å². The number of para-hydroxylation sites is 1. The van der Waals surface area contributed by atoms with Gasteiger partial charge in [-0.05, 0) is 82.5 Å². The molecule has 1 amide bonds. The first-order chi connectivity index (χ1) is 17.8. The van der Waals surface area contributed by atoms with E-state index in [1.165, 1.54) is 16.9 Å². The molecule has 4 aromatic rings. The first-order valence-corrected chi connectivity index (χ1v) is 14.0. The summed E-state index contributed by atoms with van der Waals surface area (Å²) in [5.74, 6) is 0.111. The Morgan fingerprint density at radius 2 is 1.78 bits per heavy atom. The van der Waals surface area contributed by atoms with Crippen LogP contribution in [-0.2, 0) is 4.79 Å². The van der Waals surface area contributed by atoms with Gasteiger partial charge in [0.25, 0.3) is 11.5 Å². The van der Waals surface area contributed by atoms with Crippen LogP contribution >= 0.6 is 33.9 Å². The molecule has 0 aliphatic carbocycles. The van der Waals surface area contributed by atoms with Gasteiger partial charge in [0.1, 0.15) is 0 Å². The van der Waals surface area contributed by atoms with E-state index < -0.39 is 6.04 Å². The Balaban J connectivity index is 1.67. The number of anilines is 1. The molecule has 3 aromatic carbocycles. The van der Waals surface area contributed by atoms with E-state index in [1.54, 1.807) is 4.57 Å². The van der Waals surface area contributed by atoms with Crippen molar-refractivity contribution >= 4 is 51.6 Å². The van der Waals surface area contributed by atoms with Gasteiger partial charge >= 0.3 is 0 Å². The molecule has 0 bridgehead atoms. The molecule has 5 rings (SSSR count). The van der Waals surface area contributed by atoms with Gasteiger partial charge in [-0.2, -0.15) is 0 Å². The average Bonchev–Trinajstić information content (AvgIpc) is 3.18. The molecular weight excluding hydrogens is 593 g/mol. The van der Waals surface area contributed by atoms with Crippen LogP contribution in [0.4, 0.5) is 5.69 Å². The second-order valence-corrected chi connectivity index (χ2v) is 11.5. The van der Waals surface area contributed by atoms with Gasteiger partial charge in [-0.25, -0.2) is 4.99 Å². The fourth-order valence-corrected chi connectivity index (χ4v) is 6.07. The molecule has 0 unspecified atom stereocenters. The zero-order valence-electron chi connectivity index (χ0n) is 20.7. The maximum atomic E-state index is 13.8. The lowest BCUT2D eigenvalue weighted by molar-refractivity contribution is -0.113. The number of amides is 1. The number of hydrogen-bond donors (Lipinski definition) is 1. The summed E-state index contributed by atoms with van der Waals surface area (Å²) < 4.78 is 3.35. The number of halogens is 1. The third-order valence-electron chi connectivity index (χ3n) is 6.36. The van der Waals surface area contributed by atoms with Gasteiger partial charge in [0, 0.05) is 9.26 Å². The van der Waals surface area contributed by atoms with E-state index in [1.807, 2.05) is 79.7 Å². The summed E-state index contributed by atoms with van der Waals surface area (Å²) in [5, 5.41) is 3.00. The molecule has 0 radical (unpaired) electrons. The van der Waals surface area contributed by atoms with E-state index in [9.17, 15) is 9.59 Å². The zero-order valence-corrected chi connectivity index (χ0v) is 23.7. The minimum Gasteiger partial charge on any atom is -0.322 e. The molecular formula is C30H26IN3O2S. The van der Waals surface area contributed by atoms with Crippen LogP contribution in [0, 0.1) is 3.57 Å². The first-order valence-electron chi connectivity index (χ1n) is 12.1. The van der Waals surface area contributed by atoms with Crippen molar-refractivity contribution < 1.29 is 4.79 Å². The topological polar surface area (TPSA) is 63.5 Å². The van der Waals surface area contributed by atoms with Crippen LogP contribution in [0.25, 0.3) is 6.08 Å². The molecule has 1 aromatic heterocycles. The van der Waals surface area contributed by atoms with E-state index in [0.29, 0.717) is 32.2 Å². The van der Waals surface area contributed by atoms with E-state index in [0.717, 1.165) is 14.7 Å². The summed E-state index contributed by atoms with van der Waals surface area (Å²) >= 11 is 3.61. The number of fused-ring (bicyclic) bond motifs is 1. The van der Waals surface area contributed by atoms with Crippen molar-refractivity contribution in [1.82, 2.24) is 4.57 Å². The van der Waals surface area contributed by atoms with Crippen LogP contribution in [0.15, 0.2) is 99.9 Å². The molecule has 37 heavy (non-hydrogen) atoms. The number of benzene rings is 3. The van der Waals surface area contributed by atoms with Crippen LogP contribution in [-0.4, -0.2) is 10.5 Å². The summed E-state index contributed by atoms with van der Waals surface area (Å²) in [4.78, 5) is 32.8. The highest BCUT2D eigenvalue weighted by Crippen LogP contribution is 2.31. The summed E-state index contributed by atoms with van der Waals surface area (Å²) in [6.45, 7) is 6.13. The van der Waals surface area contributed by atoms with Gasteiger partial charge in [-0.15, -0.1) is 0 Å². The normalized spacial score (nSPS) is 15.5. The highest BCUT2D eigenvalue weighted by molar-refractivity contribution is 14.1. The minimum atomic E-state index is -0.584. The van der Waals surface area contributed by atoms with Gasteiger partial charge in [-0.1, -0.05) is 79.8 Å². The number of aromatic nitrogens is 1. The lowest BCUT2D eigenvalue weighted by Gasteiger charge is -2.25. The lowest BCUT2D eigenvalue weighted by Crippen LogP contribution is -2.40. The van der Waals surface area contributed by atoms with Crippen molar-refractivity contribution in [1.29, 1.82) is 0 Å². The van der Waals surface area contributed by atoms with Crippen LogP contribution in [0.1, 0.15) is 49.4 Å². The molecule has 0 spiro atoms. The molecule has 0 fully saturated rings. The quantitative estimate of drug-likeness (QED) is 0.296. The average molecular weight is 620 g/mol. The number of allylic oxidation sites excluding steroid dienone is 1. The van der Waals surface area contributed by atoms with Crippen LogP contribution in [0.3, 0.4) is 0 Å². The van der Waals surface area contributed by atoms with Crippen LogP contribution in [0.5, 0.6) is 0 Å². The largest absolute Gasteiger partial charge is 0.322 e. The Bertz CT molecular complexity index is 1680. The molecule has 186 valence electrons. The number of nitrogens with one attached hydrogen (secondary N) is 1. The Morgan fingerprint density at radius 3 is 2.46 bits per heavy atom. The van der Waals surface area contributed by atoms with Gasteiger partial charge in [-0.3, -0.25) is 14.2 Å². The van der Waals surface area contributed by atoms with Crippen molar-refractivity contribution in [3.8, 4) is 0 Å². The standard InChI is InChI=1S/C30H26IN3O2S/c1-18(2)21-12-14-22(15-13-21)27-26(28(35)33-24-10-5-4-6-11-24)19(3)32-30-34(27)29(36)25(37-30)17-20-8-7-9-23(31)16-20/h4-18,27H,1-3H3,(H,33,35)/b25-17+/t27-/m0/s1. The summed E-state index contributed by atoms with van der Waals surface area (Å²) in [6, 6.07) is 24.9. The third-order valence-corrected chi connectivity index (χ3v) is 8.02. The molecule has 1 aliphatic heterocycles. The van der Waals surface area contributed by atoms with E-state index >= 15 is 0 Å². The second kappa shape index (κ2) is 10.6. The molecule has 5 nitrogen and oxygen atoms in total. The molecule has 1 atom stereocenters. The van der Waals surface area contributed by atoms with Crippen molar-refractivity contribution in [2.24, 2.45) is 4.99 Å². The maximum Gasteiger partial charge on any atom is 0.271 e. The van der Waals surface area contributed by atoms with Gasteiger partial charge in [0.15, 0.2) is 4.80 Å². The molecule has 7 heteroatoms. The molecule has 1 N–H and O–H groups in total. The maximum absolute atomic E-state index is 13.8. The number of rotatable bonds is 5. The number of thiazole rings is 1. The van der Waals surface area contributed by atoms with Crippen molar-refractivity contribution in [2.45, 2.75) is 32.7 Å². The molecule has 1 aliphatic rings. The van der Waals surface area contributed by atoms with Crippen molar-refractivity contribution in [3.05, 3.63) is 130 Å². The van der Waals surface area contributed by atoms with Crippen molar-refractivity contribution in [2.75, 3.05) is 5.32 Å². The van der Waals surface area contributed by atoms with E-state index in [4.69, 9.17) is 4.99 Å². The molecule has 0 saturated heterocycles. The fraction of sp³-hybridized carbons (Fsp3) is 0.167. The number of carbonyl (C=O) groups excluding carboxylic acids is 1. The van der Waals surface area contributed by atoms with Gasteiger partial charge in [0.2, 0.25) is 0 Å². The Hall–Kier alpha value is -3.30. The van der Waals surface area contributed by atoms with Crippen LogP contribution < -0.4 is 20.2 Å². The summed E-state index contributed by atoms with van der Waals surface area (Å²) in [5.41, 5.74) is 4.64. The van der Waals surface area contributed by atoms with Gasteiger partial charge in [0.05, 0.1) is 21.8 Å². The van der Waals surface area contributed by atoms with Gasteiger partial charge < -0.3 is 5.32 Å². The summed E-state index contributed by atoms with van der Waals surface area (Å²) in [7, 11) is 0. The third kappa shape index (κ3) is 5.24. The molecule has 2 heterocycles. The predicted octanol–water partition coefficient (Wildman–Crippen LogP) is 5.60. The highest BCUT2D eigenvalue weighted by atomic mass is 127. The zero-order chi connectivity index (χ0) is 26.1. The summed E-state index contributed by atoms with van der Waals surface area (Å²) in [6.07, 6.45) is 1.90. The predicted molar refractivity (Wildman–Crippen MR) is 159 cm³/mol. The number of carbonyl (C=O) groups is 1. The smallest absolute Gasteiger partial charge is 0.271 e. The SMILES string of the molecule is CC1=C(C(=O)Nc2ccccc2)[C@H](c2ccc(C(C)C)cc2)n2c(s/c(=C/c3cccc(I)c3)c2=O)=N1. The minimum absolute atomic E-state index is 0.155. The Kier molecular flexibility index (Phi) is 7.26. The Morgan fingerprint density at radius 1 is 1.05 bits per heavy atom.